The van der Waals surface area contributed by atoms with Crippen LogP contribution in [0.15, 0.2) is 30.9 Å². The summed E-state index contributed by atoms with van der Waals surface area (Å²) in [7, 11) is 2.03. The third-order valence-corrected chi connectivity index (χ3v) is 3.80. The maximum absolute atomic E-state index is 6.20. The number of aryl methyl sites for hydroxylation is 3. The first-order chi connectivity index (χ1) is 8.74. The summed E-state index contributed by atoms with van der Waals surface area (Å²) in [6.45, 7) is 0.961. The van der Waals surface area contributed by atoms with Crippen LogP contribution in [0.5, 0.6) is 0 Å². The van der Waals surface area contributed by atoms with Crippen molar-refractivity contribution in [3.05, 3.63) is 42.2 Å². The lowest BCUT2D eigenvalue weighted by atomic mass is 10.1. The molecule has 0 amide bonds. The van der Waals surface area contributed by atoms with Crippen LogP contribution in [0, 0.1) is 5.92 Å². The van der Waals surface area contributed by atoms with E-state index in [9.17, 15) is 0 Å². The lowest BCUT2D eigenvalue weighted by Crippen LogP contribution is -2.11. The van der Waals surface area contributed by atoms with Gasteiger partial charge < -0.3 is 14.9 Å². The smallest absolute Gasteiger partial charge is 0.110 e. The van der Waals surface area contributed by atoms with Crippen molar-refractivity contribution >= 4 is 0 Å². The lowest BCUT2D eigenvalue weighted by molar-refractivity contribution is 0.621. The highest BCUT2D eigenvalue weighted by Gasteiger charge is 2.29. The van der Waals surface area contributed by atoms with Gasteiger partial charge in [-0.3, -0.25) is 0 Å². The fourth-order valence-electron chi connectivity index (χ4n) is 2.39. The molecule has 0 aliphatic heterocycles. The molecule has 1 aliphatic carbocycles. The maximum Gasteiger partial charge on any atom is 0.110 e. The Bertz CT molecular complexity index is 521. The third-order valence-electron chi connectivity index (χ3n) is 3.80. The van der Waals surface area contributed by atoms with Gasteiger partial charge >= 0.3 is 0 Å². The number of hydrogen-bond donors (Lipinski definition) is 1. The van der Waals surface area contributed by atoms with E-state index in [0.29, 0.717) is 0 Å². The zero-order valence-electron chi connectivity index (χ0n) is 10.8. The summed E-state index contributed by atoms with van der Waals surface area (Å²) in [4.78, 5) is 4.34. The molecule has 1 atom stereocenters. The highest BCUT2D eigenvalue weighted by Crippen LogP contribution is 2.39. The van der Waals surface area contributed by atoms with Crippen LogP contribution in [0.25, 0.3) is 0 Å². The van der Waals surface area contributed by atoms with E-state index in [4.69, 9.17) is 5.73 Å². The van der Waals surface area contributed by atoms with E-state index >= 15 is 0 Å². The molecular weight excluding hydrogens is 224 g/mol. The standard InChI is InChI=1S/C14H20N4/c1-17-9-6-16-13(17)5-8-18-7-4-12(10-18)14(15)11-2-3-11/h4,6-7,9-11,14H,2-3,5,8,15H2,1H3. The van der Waals surface area contributed by atoms with E-state index < -0.39 is 0 Å². The number of aromatic nitrogens is 3. The summed E-state index contributed by atoms with van der Waals surface area (Å²) in [6.07, 6.45) is 11.7. The average Bonchev–Trinajstić information content (AvgIpc) is 2.97. The minimum Gasteiger partial charge on any atom is -0.353 e. The summed E-state index contributed by atoms with van der Waals surface area (Å²) in [5.74, 6) is 1.84. The minimum atomic E-state index is 0.236. The number of imidazole rings is 1. The van der Waals surface area contributed by atoms with Crippen LogP contribution >= 0.6 is 0 Å². The van der Waals surface area contributed by atoms with Gasteiger partial charge in [0.1, 0.15) is 5.82 Å². The SMILES string of the molecule is Cn1ccnc1CCn1ccc(C(N)C2CC2)c1. The molecule has 2 N–H and O–H groups in total. The summed E-state index contributed by atoms with van der Waals surface area (Å²) >= 11 is 0. The van der Waals surface area contributed by atoms with Crippen LogP contribution in [-0.4, -0.2) is 14.1 Å². The predicted octanol–water partition coefficient (Wildman–Crippen LogP) is 1.87. The second kappa shape index (κ2) is 4.61. The van der Waals surface area contributed by atoms with Gasteiger partial charge in [0.2, 0.25) is 0 Å². The molecule has 1 unspecified atom stereocenters. The third kappa shape index (κ3) is 2.34. The first-order valence-electron chi connectivity index (χ1n) is 6.61. The van der Waals surface area contributed by atoms with Crippen molar-refractivity contribution < 1.29 is 0 Å². The van der Waals surface area contributed by atoms with Gasteiger partial charge in [-0.05, 0) is 30.4 Å². The highest BCUT2D eigenvalue weighted by atomic mass is 15.0. The Morgan fingerprint density at radius 2 is 2.28 bits per heavy atom. The van der Waals surface area contributed by atoms with E-state index in [0.717, 1.165) is 24.7 Å². The van der Waals surface area contributed by atoms with Crippen LogP contribution in [0.3, 0.4) is 0 Å². The Kier molecular flexibility index (Phi) is 2.96. The van der Waals surface area contributed by atoms with Gasteiger partial charge in [-0.1, -0.05) is 0 Å². The van der Waals surface area contributed by atoms with Crippen molar-refractivity contribution in [1.29, 1.82) is 0 Å². The molecule has 0 spiro atoms. The van der Waals surface area contributed by atoms with Crippen LogP contribution < -0.4 is 5.73 Å². The quantitative estimate of drug-likeness (QED) is 0.873. The van der Waals surface area contributed by atoms with E-state index in [-0.39, 0.29) is 6.04 Å². The first-order valence-corrected chi connectivity index (χ1v) is 6.61. The van der Waals surface area contributed by atoms with Crippen molar-refractivity contribution in [2.24, 2.45) is 18.7 Å². The molecular formula is C14H20N4. The Morgan fingerprint density at radius 3 is 2.94 bits per heavy atom. The van der Waals surface area contributed by atoms with E-state index in [2.05, 4.69) is 32.6 Å². The summed E-state index contributed by atoms with van der Waals surface area (Å²) in [5.41, 5.74) is 7.47. The summed E-state index contributed by atoms with van der Waals surface area (Å²) in [6, 6.07) is 2.39. The van der Waals surface area contributed by atoms with Gasteiger partial charge in [0.15, 0.2) is 0 Å². The van der Waals surface area contributed by atoms with Crippen molar-refractivity contribution in [2.45, 2.75) is 31.8 Å². The minimum absolute atomic E-state index is 0.236. The normalized spacial score (nSPS) is 17.0. The van der Waals surface area contributed by atoms with Crippen molar-refractivity contribution in [3.63, 3.8) is 0 Å². The highest BCUT2D eigenvalue weighted by molar-refractivity contribution is 5.17. The second-order valence-corrected chi connectivity index (χ2v) is 5.25. The number of rotatable bonds is 5. The van der Waals surface area contributed by atoms with Gasteiger partial charge in [0.25, 0.3) is 0 Å². The second-order valence-electron chi connectivity index (χ2n) is 5.25. The largest absolute Gasteiger partial charge is 0.353 e. The molecule has 0 bridgehead atoms. The summed E-state index contributed by atoms with van der Waals surface area (Å²) < 4.78 is 4.28. The summed E-state index contributed by atoms with van der Waals surface area (Å²) in [5, 5.41) is 0. The first kappa shape index (κ1) is 11.5. The Labute approximate surface area is 107 Å². The Hall–Kier alpha value is -1.55. The monoisotopic (exact) mass is 244 g/mol. The Balaban J connectivity index is 1.61. The molecule has 3 rings (SSSR count). The van der Waals surface area contributed by atoms with Crippen molar-refractivity contribution in [3.8, 4) is 0 Å². The van der Waals surface area contributed by atoms with E-state index in [1.165, 1.54) is 18.4 Å². The molecule has 2 aromatic rings. The van der Waals surface area contributed by atoms with Crippen LogP contribution in [0.1, 0.15) is 30.3 Å². The predicted molar refractivity (Wildman–Crippen MR) is 71.0 cm³/mol. The fraction of sp³-hybridized carbons (Fsp3) is 0.500. The molecule has 2 heterocycles. The maximum atomic E-state index is 6.20. The van der Waals surface area contributed by atoms with Gasteiger partial charge in [-0.25, -0.2) is 4.98 Å². The van der Waals surface area contributed by atoms with Crippen LogP contribution in [0.4, 0.5) is 0 Å². The molecule has 96 valence electrons. The topological polar surface area (TPSA) is 48.8 Å². The molecule has 2 aromatic heterocycles. The van der Waals surface area contributed by atoms with Gasteiger partial charge in [-0.15, -0.1) is 0 Å². The van der Waals surface area contributed by atoms with Crippen LogP contribution in [0.2, 0.25) is 0 Å². The molecule has 1 fully saturated rings. The van der Waals surface area contributed by atoms with Gasteiger partial charge in [-0.2, -0.15) is 0 Å². The van der Waals surface area contributed by atoms with Gasteiger partial charge in [0.05, 0.1) is 0 Å². The number of nitrogens with two attached hydrogens (primary N) is 1. The molecule has 4 heteroatoms. The molecule has 1 saturated carbocycles. The number of nitrogens with zero attached hydrogens (tertiary/aromatic N) is 3. The van der Waals surface area contributed by atoms with Crippen molar-refractivity contribution in [2.75, 3.05) is 0 Å². The molecule has 1 aliphatic rings. The number of hydrogen-bond acceptors (Lipinski definition) is 2. The molecule has 4 nitrogen and oxygen atoms in total. The van der Waals surface area contributed by atoms with Gasteiger partial charge in [0, 0.05) is 50.8 Å². The van der Waals surface area contributed by atoms with E-state index in [1.54, 1.807) is 0 Å². The molecule has 18 heavy (non-hydrogen) atoms. The van der Waals surface area contributed by atoms with E-state index in [1.807, 2.05) is 19.4 Å². The molecule has 0 aromatic carbocycles. The fourth-order valence-corrected chi connectivity index (χ4v) is 2.39. The average molecular weight is 244 g/mol. The molecule has 0 radical (unpaired) electrons. The van der Waals surface area contributed by atoms with Crippen molar-refractivity contribution in [1.82, 2.24) is 14.1 Å². The lowest BCUT2D eigenvalue weighted by Gasteiger charge is -2.07. The van der Waals surface area contributed by atoms with Crippen LogP contribution in [-0.2, 0) is 20.0 Å². The zero-order valence-corrected chi connectivity index (χ0v) is 10.8. The molecule has 0 saturated heterocycles. The zero-order chi connectivity index (χ0) is 12.5. The Morgan fingerprint density at radius 1 is 1.44 bits per heavy atom.